The number of carbonyl (C=O) groups is 1. The molecule has 0 saturated carbocycles. The number of nitriles is 1. The van der Waals surface area contributed by atoms with Crippen LogP contribution in [-0.2, 0) is 4.74 Å². The summed E-state index contributed by atoms with van der Waals surface area (Å²) in [6.07, 6.45) is 0. The van der Waals surface area contributed by atoms with E-state index in [1.807, 2.05) is 0 Å². The molecule has 0 unspecified atom stereocenters. The Hall–Kier alpha value is -2.76. The molecule has 0 atom stereocenters. The van der Waals surface area contributed by atoms with Crippen LogP contribution in [0, 0.1) is 21.4 Å². The predicted octanol–water partition coefficient (Wildman–Crippen LogP) is 1.85. The summed E-state index contributed by atoms with van der Waals surface area (Å²) in [6.45, 7) is -3.25. The molecule has 0 saturated heterocycles. The molecule has 19 heavy (non-hydrogen) atoms. The molecule has 9 heteroatoms. The Kier molecular flexibility index (Phi) is 4.31. The fourth-order valence-electron chi connectivity index (χ4n) is 1.27. The van der Waals surface area contributed by atoms with Gasteiger partial charge < -0.3 is 9.47 Å². The number of halogens is 2. The van der Waals surface area contributed by atoms with Crippen molar-refractivity contribution in [3.63, 3.8) is 0 Å². The van der Waals surface area contributed by atoms with Crippen LogP contribution in [0.4, 0.5) is 14.5 Å². The molecule has 0 amide bonds. The monoisotopic (exact) mass is 272 g/mol. The van der Waals surface area contributed by atoms with Crippen molar-refractivity contribution in [3.8, 4) is 11.8 Å². The molecule has 100 valence electrons. The maximum atomic E-state index is 12.1. The zero-order chi connectivity index (χ0) is 14.6. The standard InChI is InChI=1S/C10H6F2N2O5/c1-18-9(15)6-2-5(4-13)8(19-10(11)12)3-7(6)14(16)17/h2-3,10H,1H3. The van der Waals surface area contributed by atoms with Crippen LogP contribution < -0.4 is 4.74 Å². The Morgan fingerprint density at radius 1 is 1.53 bits per heavy atom. The van der Waals surface area contributed by atoms with Gasteiger partial charge in [-0.3, -0.25) is 10.1 Å². The van der Waals surface area contributed by atoms with Gasteiger partial charge in [0.25, 0.3) is 5.69 Å². The van der Waals surface area contributed by atoms with E-state index in [1.54, 1.807) is 0 Å². The molecule has 0 aliphatic heterocycles. The fraction of sp³-hybridized carbons (Fsp3) is 0.200. The number of rotatable bonds is 4. The molecule has 0 aliphatic rings. The lowest BCUT2D eigenvalue weighted by atomic mass is 10.1. The summed E-state index contributed by atoms with van der Waals surface area (Å²) in [7, 11) is 0.988. The van der Waals surface area contributed by atoms with Crippen LogP contribution in [0.3, 0.4) is 0 Å². The summed E-state index contributed by atoms with van der Waals surface area (Å²) in [5, 5.41) is 19.5. The second kappa shape index (κ2) is 5.72. The van der Waals surface area contributed by atoms with Gasteiger partial charge in [0, 0.05) is 0 Å². The number of nitrogens with zero attached hydrogens (tertiary/aromatic N) is 2. The van der Waals surface area contributed by atoms with Crippen molar-refractivity contribution < 1.29 is 28.0 Å². The van der Waals surface area contributed by atoms with E-state index in [1.165, 1.54) is 6.07 Å². The third kappa shape index (κ3) is 3.12. The van der Waals surface area contributed by atoms with Gasteiger partial charge in [0.15, 0.2) is 5.75 Å². The third-order valence-corrected chi connectivity index (χ3v) is 2.04. The number of methoxy groups -OCH3 is 1. The van der Waals surface area contributed by atoms with Gasteiger partial charge in [-0.2, -0.15) is 14.0 Å². The van der Waals surface area contributed by atoms with Crippen LogP contribution in [0.25, 0.3) is 0 Å². The molecular formula is C10H6F2N2O5. The summed E-state index contributed by atoms with van der Waals surface area (Å²) in [5.74, 6) is -1.75. The summed E-state index contributed by atoms with van der Waals surface area (Å²) in [5.41, 5.74) is -1.75. The maximum absolute atomic E-state index is 12.1. The smallest absolute Gasteiger partial charge is 0.387 e. The van der Waals surface area contributed by atoms with Crippen LogP contribution in [0.15, 0.2) is 12.1 Å². The van der Waals surface area contributed by atoms with Crippen molar-refractivity contribution in [2.24, 2.45) is 0 Å². The molecule has 0 aliphatic carbocycles. The molecule has 0 N–H and O–H groups in total. The lowest BCUT2D eigenvalue weighted by Gasteiger charge is -2.08. The highest BCUT2D eigenvalue weighted by atomic mass is 19.3. The zero-order valence-corrected chi connectivity index (χ0v) is 9.42. The Balaban J connectivity index is 3.47. The van der Waals surface area contributed by atoms with Crippen molar-refractivity contribution in [1.29, 1.82) is 5.26 Å². The van der Waals surface area contributed by atoms with E-state index in [0.717, 1.165) is 13.2 Å². The first-order valence-corrected chi connectivity index (χ1v) is 4.66. The number of esters is 1. The van der Waals surface area contributed by atoms with E-state index in [-0.39, 0.29) is 0 Å². The zero-order valence-electron chi connectivity index (χ0n) is 9.42. The van der Waals surface area contributed by atoms with Gasteiger partial charge in [0.2, 0.25) is 0 Å². The van der Waals surface area contributed by atoms with Crippen molar-refractivity contribution >= 4 is 11.7 Å². The third-order valence-electron chi connectivity index (χ3n) is 2.04. The molecule has 0 fully saturated rings. The van der Waals surface area contributed by atoms with Gasteiger partial charge in [-0.15, -0.1) is 0 Å². The van der Waals surface area contributed by atoms with E-state index in [9.17, 15) is 23.7 Å². The van der Waals surface area contributed by atoms with Gasteiger partial charge in [0.1, 0.15) is 11.6 Å². The molecule has 1 aromatic rings. The lowest BCUT2D eigenvalue weighted by molar-refractivity contribution is -0.385. The minimum absolute atomic E-state index is 0.439. The number of hydrogen-bond acceptors (Lipinski definition) is 6. The van der Waals surface area contributed by atoms with Crippen LogP contribution in [0.2, 0.25) is 0 Å². The quantitative estimate of drug-likeness (QED) is 0.470. The number of ether oxygens (including phenoxy) is 2. The minimum atomic E-state index is -3.25. The van der Waals surface area contributed by atoms with Gasteiger partial charge in [-0.05, 0) is 6.07 Å². The number of alkyl halides is 2. The van der Waals surface area contributed by atoms with Gasteiger partial charge in [-0.1, -0.05) is 0 Å². The first kappa shape index (κ1) is 14.3. The predicted molar refractivity (Wildman–Crippen MR) is 55.8 cm³/mol. The lowest BCUT2D eigenvalue weighted by Crippen LogP contribution is -2.09. The molecule has 1 aromatic carbocycles. The summed E-state index contributed by atoms with van der Waals surface area (Å²) in [4.78, 5) is 21.1. The molecule has 0 radical (unpaired) electrons. The number of hydrogen-bond donors (Lipinski definition) is 0. The van der Waals surface area contributed by atoms with Crippen molar-refractivity contribution in [2.75, 3.05) is 7.11 Å². The van der Waals surface area contributed by atoms with E-state index >= 15 is 0 Å². The highest BCUT2D eigenvalue weighted by molar-refractivity contribution is 5.94. The van der Waals surface area contributed by atoms with Gasteiger partial charge in [0.05, 0.1) is 23.7 Å². The Labute approximate surface area is 105 Å². The van der Waals surface area contributed by atoms with Gasteiger partial charge in [-0.25, -0.2) is 4.79 Å². The molecule has 1 rings (SSSR count). The van der Waals surface area contributed by atoms with Crippen LogP contribution in [0.1, 0.15) is 15.9 Å². The fourth-order valence-corrected chi connectivity index (χ4v) is 1.27. The second-order valence-corrected chi connectivity index (χ2v) is 3.10. The highest BCUT2D eigenvalue weighted by Crippen LogP contribution is 2.30. The Morgan fingerprint density at radius 3 is 2.58 bits per heavy atom. The number of nitro benzene ring substituents is 1. The topological polar surface area (TPSA) is 102 Å². The number of carbonyl (C=O) groups excluding carboxylic acids is 1. The largest absolute Gasteiger partial charge is 0.465 e. The Morgan fingerprint density at radius 2 is 2.16 bits per heavy atom. The van der Waals surface area contributed by atoms with Crippen LogP contribution >= 0.6 is 0 Å². The maximum Gasteiger partial charge on any atom is 0.387 e. The SMILES string of the molecule is COC(=O)c1cc(C#N)c(OC(F)F)cc1[N+](=O)[O-]. The minimum Gasteiger partial charge on any atom is -0.465 e. The highest BCUT2D eigenvalue weighted by Gasteiger charge is 2.25. The summed E-state index contributed by atoms with van der Waals surface area (Å²) < 4.78 is 32.5. The van der Waals surface area contributed by atoms with Crippen molar-refractivity contribution in [3.05, 3.63) is 33.4 Å². The van der Waals surface area contributed by atoms with Crippen LogP contribution in [-0.4, -0.2) is 24.6 Å². The number of benzene rings is 1. The molecular weight excluding hydrogens is 266 g/mol. The number of nitro groups is 1. The first-order valence-electron chi connectivity index (χ1n) is 4.66. The average molecular weight is 272 g/mol. The van der Waals surface area contributed by atoms with E-state index < -0.39 is 40.1 Å². The normalized spacial score (nSPS) is 9.84. The summed E-state index contributed by atoms with van der Waals surface area (Å²) in [6, 6.07) is 2.84. The van der Waals surface area contributed by atoms with Crippen molar-refractivity contribution in [2.45, 2.75) is 6.61 Å². The molecule has 7 nitrogen and oxygen atoms in total. The van der Waals surface area contributed by atoms with Crippen molar-refractivity contribution in [1.82, 2.24) is 0 Å². The molecule has 0 spiro atoms. The molecule has 0 heterocycles. The van der Waals surface area contributed by atoms with E-state index in [4.69, 9.17) is 5.26 Å². The van der Waals surface area contributed by atoms with E-state index in [2.05, 4.69) is 9.47 Å². The summed E-state index contributed by atoms with van der Waals surface area (Å²) >= 11 is 0. The molecule has 0 bridgehead atoms. The molecule has 0 aromatic heterocycles. The van der Waals surface area contributed by atoms with Crippen LogP contribution in [0.5, 0.6) is 5.75 Å². The van der Waals surface area contributed by atoms with Gasteiger partial charge >= 0.3 is 12.6 Å². The second-order valence-electron chi connectivity index (χ2n) is 3.10. The van der Waals surface area contributed by atoms with E-state index in [0.29, 0.717) is 6.07 Å². The average Bonchev–Trinajstić information content (AvgIpc) is 2.36. The Bertz CT molecular complexity index is 568. The first-order chi connectivity index (χ1) is 8.90.